The Kier molecular flexibility index (Phi) is 4.66. The number of nitrogens with zero attached hydrogens (tertiary/aromatic N) is 2. The first-order valence-electron chi connectivity index (χ1n) is 8.98. The molecule has 2 heterocycles. The zero-order valence-electron chi connectivity index (χ0n) is 15.5. The molecule has 2 aliphatic heterocycles. The molecule has 4 rings (SSSR count). The molecule has 0 N–H and O–H groups in total. The van der Waals surface area contributed by atoms with Gasteiger partial charge in [0.05, 0.1) is 20.3 Å². The largest absolute Gasteiger partial charge is 0.647 e. The Balaban J connectivity index is 1.79. The van der Waals surface area contributed by atoms with Gasteiger partial charge in [-0.05, 0) is 48.2 Å². The molecule has 138 valence electrons. The van der Waals surface area contributed by atoms with E-state index < -0.39 is 7.79 Å². The maximum atomic E-state index is 14.2. The van der Waals surface area contributed by atoms with Crippen molar-refractivity contribution in [1.29, 1.82) is 0 Å². The summed E-state index contributed by atoms with van der Waals surface area (Å²) in [6, 6.07) is 14.2. The lowest BCUT2D eigenvalue weighted by Gasteiger charge is -2.53. The van der Waals surface area contributed by atoms with Gasteiger partial charge in [0, 0.05) is 20.1 Å². The van der Waals surface area contributed by atoms with Gasteiger partial charge in [0.15, 0.2) is 11.5 Å². The molecular weight excluding hydrogens is 347 g/mol. The molecule has 6 heteroatoms. The summed E-state index contributed by atoms with van der Waals surface area (Å²) in [5, 5.41) is 0.913. The molecule has 5 nitrogen and oxygen atoms in total. The molecule has 2 aromatic rings. The van der Waals surface area contributed by atoms with Crippen LogP contribution in [-0.4, -0.2) is 43.7 Å². The van der Waals surface area contributed by atoms with Gasteiger partial charge >= 0.3 is 0 Å². The Morgan fingerprint density at radius 1 is 1.04 bits per heavy atom. The summed E-state index contributed by atoms with van der Waals surface area (Å²) in [5.74, 6) is 1.50. The van der Waals surface area contributed by atoms with Crippen LogP contribution in [0.25, 0.3) is 0 Å². The highest BCUT2D eigenvalue weighted by Crippen LogP contribution is 2.63. The fourth-order valence-corrected chi connectivity index (χ4v) is 7.27. The van der Waals surface area contributed by atoms with E-state index in [1.165, 1.54) is 11.1 Å². The number of fused-ring (bicyclic) bond motifs is 3. The third-order valence-corrected chi connectivity index (χ3v) is 8.88. The summed E-state index contributed by atoms with van der Waals surface area (Å²) in [7, 11) is 2.51. The summed E-state index contributed by atoms with van der Waals surface area (Å²) in [6.45, 7) is 1.59. The molecule has 0 aromatic heterocycles. The number of hydrogen-bond acceptors (Lipinski definition) is 5. The summed E-state index contributed by atoms with van der Waals surface area (Å²) >= 11 is 0. The Morgan fingerprint density at radius 2 is 1.73 bits per heavy atom. The second-order valence-corrected chi connectivity index (χ2v) is 9.69. The molecule has 2 aliphatic rings. The van der Waals surface area contributed by atoms with E-state index in [0.29, 0.717) is 0 Å². The average molecular weight is 372 g/mol. The highest BCUT2D eigenvalue weighted by atomic mass is 31.2. The fraction of sp³-hybridized carbons (Fsp3) is 0.400. The number of methoxy groups -OCH3 is 2. The standard InChI is InChI=1S/C20H25N2O3P/c1-21-11-10-18-17-14-20(25-3)19(24-2)13-15(17)9-12-22(18)26(21,23)16-7-5-4-6-8-16/h4-8,13-14,18H,9-12H2,1-3H3/t18-,26?/m1/s1. The molecular formula is C20H25N2O3P. The van der Waals surface area contributed by atoms with Gasteiger partial charge in [-0.15, -0.1) is 0 Å². The minimum absolute atomic E-state index is 0.140. The van der Waals surface area contributed by atoms with E-state index in [0.717, 1.165) is 42.7 Å². The molecule has 0 saturated carbocycles. The van der Waals surface area contributed by atoms with Crippen molar-refractivity contribution in [2.45, 2.75) is 18.9 Å². The lowest BCUT2D eigenvalue weighted by Crippen LogP contribution is -2.53. The van der Waals surface area contributed by atoms with Gasteiger partial charge in [-0.3, -0.25) is 0 Å². The molecule has 2 atom stereocenters. The molecule has 0 aliphatic carbocycles. The van der Waals surface area contributed by atoms with E-state index in [1.807, 2.05) is 42.0 Å². The fourth-order valence-electron chi connectivity index (χ4n) is 4.25. The minimum Gasteiger partial charge on any atom is -0.647 e. The lowest BCUT2D eigenvalue weighted by molar-refractivity contribution is -0.195. The van der Waals surface area contributed by atoms with Crippen LogP contribution in [0.15, 0.2) is 42.5 Å². The van der Waals surface area contributed by atoms with Crippen molar-refractivity contribution in [2.75, 3.05) is 34.4 Å². The quantitative estimate of drug-likeness (QED) is 0.775. The SMILES string of the molecule is COc1cc2c(cc1OC)[C@H]1CCN(C)[P+]([O-])(c3ccccc3)N1CC2. The van der Waals surface area contributed by atoms with Crippen molar-refractivity contribution in [3.8, 4) is 11.5 Å². The van der Waals surface area contributed by atoms with Crippen LogP contribution in [0.4, 0.5) is 0 Å². The number of rotatable bonds is 3. The summed E-state index contributed by atoms with van der Waals surface area (Å²) in [5.41, 5.74) is 2.49. The Bertz CT molecular complexity index is 801. The summed E-state index contributed by atoms with van der Waals surface area (Å²) in [6.07, 6.45) is 1.81. The zero-order valence-corrected chi connectivity index (χ0v) is 16.4. The van der Waals surface area contributed by atoms with Gasteiger partial charge in [-0.25, -0.2) is 0 Å². The molecule has 1 unspecified atom stereocenters. The van der Waals surface area contributed by atoms with Crippen LogP contribution in [0, 0.1) is 0 Å². The smallest absolute Gasteiger partial charge is 0.161 e. The Labute approximate surface area is 155 Å². The Morgan fingerprint density at radius 3 is 2.42 bits per heavy atom. The van der Waals surface area contributed by atoms with Crippen molar-refractivity contribution in [3.63, 3.8) is 0 Å². The highest BCUT2D eigenvalue weighted by Gasteiger charge is 2.51. The van der Waals surface area contributed by atoms with E-state index >= 15 is 0 Å². The van der Waals surface area contributed by atoms with Gasteiger partial charge < -0.3 is 14.4 Å². The van der Waals surface area contributed by atoms with E-state index in [1.54, 1.807) is 14.2 Å². The van der Waals surface area contributed by atoms with Crippen LogP contribution >= 0.6 is 7.79 Å². The molecule has 0 bridgehead atoms. The van der Waals surface area contributed by atoms with Crippen LogP contribution in [0.3, 0.4) is 0 Å². The number of benzene rings is 2. The first-order chi connectivity index (χ1) is 12.6. The van der Waals surface area contributed by atoms with Crippen molar-refractivity contribution < 1.29 is 14.4 Å². The zero-order chi connectivity index (χ0) is 18.3. The van der Waals surface area contributed by atoms with Gasteiger partial charge in [-0.2, -0.15) is 9.34 Å². The second kappa shape index (κ2) is 6.82. The Hall–Kier alpha value is -1.65. The third kappa shape index (κ3) is 2.62. The minimum atomic E-state index is -2.79. The van der Waals surface area contributed by atoms with Crippen LogP contribution in [0.2, 0.25) is 0 Å². The maximum Gasteiger partial charge on any atom is 0.161 e. The van der Waals surface area contributed by atoms with Gasteiger partial charge in [0.25, 0.3) is 0 Å². The van der Waals surface area contributed by atoms with Crippen LogP contribution < -0.4 is 19.7 Å². The van der Waals surface area contributed by atoms with Crippen LogP contribution in [0.1, 0.15) is 23.6 Å². The predicted octanol–water partition coefficient (Wildman–Crippen LogP) is 2.39. The molecule has 0 amide bonds. The van der Waals surface area contributed by atoms with Crippen LogP contribution in [-0.2, 0) is 6.42 Å². The second-order valence-electron chi connectivity index (χ2n) is 6.88. The number of ether oxygens (including phenoxy) is 2. The first kappa shape index (κ1) is 17.7. The van der Waals surface area contributed by atoms with E-state index in [4.69, 9.17) is 9.47 Å². The molecule has 0 spiro atoms. The van der Waals surface area contributed by atoms with Crippen molar-refractivity contribution in [2.24, 2.45) is 0 Å². The van der Waals surface area contributed by atoms with Crippen molar-refractivity contribution in [3.05, 3.63) is 53.6 Å². The van der Waals surface area contributed by atoms with E-state index in [9.17, 15) is 4.89 Å². The molecule has 26 heavy (non-hydrogen) atoms. The summed E-state index contributed by atoms with van der Waals surface area (Å²) in [4.78, 5) is 14.2. The first-order valence-corrected chi connectivity index (χ1v) is 10.6. The average Bonchev–Trinajstić information content (AvgIpc) is 2.69. The van der Waals surface area contributed by atoms with Crippen molar-refractivity contribution in [1.82, 2.24) is 9.34 Å². The summed E-state index contributed by atoms with van der Waals surface area (Å²) < 4.78 is 15.2. The molecule has 0 radical (unpaired) electrons. The topological polar surface area (TPSA) is 48.0 Å². The third-order valence-electron chi connectivity index (χ3n) is 5.60. The van der Waals surface area contributed by atoms with Gasteiger partial charge in [0.1, 0.15) is 13.1 Å². The van der Waals surface area contributed by atoms with Gasteiger partial charge in [-0.1, -0.05) is 18.2 Å². The van der Waals surface area contributed by atoms with E-state index in [-0.39, 0.29) is 6.04 Å². The lowest BCUT2D eigenvalue weighted by atomic mass is 9.91. The molecule has 1 saturated heterocycles. The highest BCUT2D eigenvalue weighted by molar-refractivity contribution is 7.72. The normalized spacial score (nSPS) is 26.1. The van der Waals surface area contributed by atoms with Crippen LogP contribution in [0.5, 0.6) is 11.5 Å². The number of hydrogen-bond donors (Lipinski definition) is 0. The molecule has 2 aromatic carbocycles. The maximum absolute atomic E-state index is 14.2. The monoisotopic (exact) mass is 372 g/mol. The predicted molar refractivity (Wildman–Crippen MR) is 103 cm³/mol. The van der Waals surface area contributed by atoms with Crippen molar-refractivity contribution >= 4 is 13.1 Å². The molecule has 1 fully saturated rings. The van der Waals surface area contributed by atoms with E-state index in [2.05, 4.69) is 16.8 Å². The van der Waals surface area contributed by atoms with Gasteiger partial charge in [0.2, 0.25) is 0 Å².